The molecule has 5 nitrogen and oxygen atoms in total. The molecule has 0 aliphatic carbocycles. The average Bonchev–Trinajstić information content (AvgIpc) is 2.17. The van der Waals surface area contributed by atoms with Gasteiger partial charge in [-0.3, -0.25) is 0 Å². The molecule has 0 spiro atoms. The van der Waals surface area contributed by atoms with E-state index in [4.69, 9.17) is 5.73 Å². The SMILES string of the molecule is CN(C)CCCN(C)c1nccnc1N. The van der Waals surface area contributed by atoms with Crippen LogP contribution in [0.2, 0.25) is 0 Å². The number of hydrogen-bond acceptors (Lipinski definition) is 5. The van der Waals surface area contributed by atoms with Crippen molar-refractivity contribution in [2.45, 2.75) is 6.42 Å². The summed E-state index contributed by atoms with van der Waals surface area (Å²) < 4.78 is 0. The first kappa shape index (κ1) is 11.7. The Bertz CT molecular complexity index is 300. The van der Waals surface area contributed by atoms with Crippen LogP contribution in [0, 0.1) is 0 Å². The number of nitrogen functional groups attached to an aromatic ring is 1. The standard InChI is InChI=1S/C10H19N5/c1-14(2)7-4-8-15(3)10-9(11)12-5-6-13-10/h5-6H,4,7-8H2,1-3H3,(H2,11,12). The molecular formula is C10H19N5. The van der Waals surface area contributed by atoms with Gasteiger partial charge in [-0.15, -0.1) is 0 Å². The molecule has 1 aromatic rings. The van der Waals surface area contributed by atoms with Gasteiger partial charge in [0, 0.05) is 26.0 Å². The highest BCUT2D eigenvalue weighted by molar-refractivity contribution is 5.56. The Morgan fingerprint density at radius 2 is 1.80 bits per heavy atom. The van der Waals surface area contributed by atoms with E-state index in [-0.39, 0.29) is 0 Å². The van der Waals surface area contributed by atoms with Crippen LogP contribution >= 0.6 is 0 Å². The van der Waals surface area contributed by atoms with E-state index in [2.05, 4.69) is 29.0 Å². The van der Waals surface area contributed by atoms with Crippen LogP contribution in [-0.2, 0) is 0 Å². The van der Waals surface area contributed by atoms with Crippen molar-refractivity contribution >= 4 is 11.6 Å². The number of nitrogens with zero attached hydrogens (tertiary/aromatic N) is 4. The molecule has 1 heterocycles. The molecule has 0 aromatic carbocycles. The highest BCUT2D eigenvalue weighted by atomic mass is 15.2. The summed E-state index contributed by atoms with van der Waals surface area (Å²) in [7, 11) is 6.11. The van der Waals surface area contributed by atoms with Crippen LogP contribution in [0.25, 0.3) is 0 Å². The Morgan fingerprint density at radius 3 is 2.40 bits per heavy atom. The molecule has 1 aromatic heterocycles. The second kappa shape index (κ2) is 5.50. The third kappa shape index (κ3) is 3.71. The minimum absolute atomic E-state index is 0.491. The van der Waals surface area contributed by atoms with Crippen LogP contribution in [0.15, 0.2) is 12.4 Å². The highest BCUT2D eigenvalue weighted by Crippen LogP contribution is 2.14. The zero-order valence-corrected chi connectivity index (χ0v) is 9.64. The fourth-order valence-electron chi connectivity index (χ4n) is 1.37. The maximum absolute atomic E-state index is 5.73. The van der Waals surface area contributed by atoms with Gasteiger partial charge >= 0.3 is 0 Å². The van der Waals surface area contributed by atoms with Crippen LogP contribution < -0.4 is 10.6 Å². The Labute approximate surface area is 90.9 Å². The van der Waals surface area contributed by atoms with Gasteiger partial charge in [-0.1, -0.05) is 0 Å². The van der Waals surface area contributed by atoms with Gasteiger partial charge in [0.1, 0.15) is 0 Å². The van der Waals surface area contributed by atoms with E-state index in [9.17, 15) is 0 Å². The second-order valence-corrected chi connectivity index (χ2v) is 3.84. The Hall–Kier alpha value is -1.36. The van der Waals surface area contributed by atoms with E-state index in [1.165, 1.54) is 0 Å². The van der Waals surface area contributed by atoms with E-state index >= 15 is 0 Å². The van der Waals surface area contributed by atoms with Crippen molar-refractivity contribution < 1.29 is 0 Å². The maximum atomic E-state index is 5.73. The van der Waals surface area contributed by atoms with Crippen LogP contribution in [0.3, 0.4) is 0 Å². The van der Waals surface area contributed by atoms with Gasteiger partial charge in [0.15, 0.2) is 11.6 Å². The molecule has 0 aliphatic heterocycles. The van der Waals surface area contributed by atoms with E-state index in [1.807, 2.05) is 11.9 Å². The predicted octanol–water partition coefficient (Wildman–Crippen LogP) is 0.447. The van der Waals surface area contributed by atoms with Gasteiger partial charge < -0.3 is 15.5 Å². The summed E-state index contributed by atoms with van der Waals surface area (Å²) in [6.07, 6.45) is 4.35. The minimum atomic E-state index is 0.491. The van der Waals surface area contributed by atoms with Crippen LogP contribution in [0.4, 0.5) is 11.6 Å². The molecule has 0 radical (unpaired) electrons. The number of rotatable bonds is 5. The summed E-state index contributed by atoms with van der Waals surface area (Å²) >= 11 is 0. The smallest absolute Gasteiger partial charge is 0.171 e. The third-order valence-corrected chi connectivity index (χ3v) is 2.17. The van der Waals surface area contributed by atoms with Crippen molar-refractivity contribution in [2.24, 2.45) is 0 Å². The van der Waals surface area contributed by atoms with Crippen molar-refractivity contribution in [1.82, 2.24) is 14.9 Å². The van der Waals surface area contributed by atoms with Crippen molar-refractivity contribution in [2.75, 3.05) is 44.9 Å². The molecule has 0 aliphatic rings. The third-order valence-electron chi connectivity index (χ3n) is 2.17. The zero-order chi connectivity index (χ0) is 11.3. The quantitative estimate of drug-likeness (QED) is 0.763. The van der Waals surface area contributed by atoms with Crippen molar-refractivity contribution in [1.29, 1.82) is 0 Å². The van der Waals surface area contributed by atoms with Crippen molar-refractivity contribution in [3.63, 3.8) is 0 Å². The highest BCUT2D eigenvalue weighted by Gasteiger charge is 2.06. The monoisotopic (exact) mass is 209 g/mol. The zero-order valence-electron chi connectivity index (χ0n) is 9.64. The predicted molar refractivity (Wildman–Crippen MR) is 62.9 cm³/mol. The lowest BCUT2D eigenvalue weighted by atomic mass is 10.3. The first-order valence-corrected chi connectivity index (χ1v) is 5.03. The molecule has 84 valence electrons. The van der Waals surface area contributed by atoms with Gasteiger partial charge in [0.25, 0.3) is 0 Å². The number of nitrogens with two attached hydrogens (primary N) is 1. The summed E-state index contributed by atoms with van der Waals surface area (Å²) in [5.74, 6) is 1.25. The number of aromatic nitrogens is 2. The fraction of sp³-hybridized carbons (Fsp3) is 0.600. The molecule has 0 atom stereocenters. The van der Waals surface area contributed by atoms with E-state index < -0.39 is 0 Å². The molecule has 5 heteroatoms. The lowest BCUT2D eigenvalue weighted by molar-refractivity contribution is 0.401. The second-order valence-electron chi connectivity index (χ2n) is 3.84. The number of anilines is 2. The molecule has 0 amide bonds. The molecule has 1 rings (SSSR count). The molecule has 0 bridgehead atoms. The largest absolute Gasteiger partial charge is 0.381 e. The molecule has 0 saturated carbocycles. The van der Waals surface area contributed by atoms with Gasteiger partial charge in [-0.25, -0.2) is 9.97 Å². The first-order chi connectivity index (χ1) is 7.11. The van der Waals surface area contributed by atoms with Gasteiger partial charge in [-0.2, -0.15) is 0 Å². The van der Waals surface area contributed by atoms with Crippen molar-refractivity contribution in [3.8, 4) is 0 Å². The molecular weight excluding hydrogens is 190 g/mol. The lowest BCUT2D eigenvalue weighted by Gasteiger charge is -2.19. The molecule has 0 fully saturated rings. The Morgan fingerprint density at radius 1 is 1.13 bits per heavy atom. The lowest BCUT2D eigenvalue weighted by Crippen LogP contribution is -2.25. The summed E-state index contributed by atoms with van der Waals surface area (Å²) in [4.78, 5) is 12.4. The van der Waals surface area contributed by atoms with Gasteiger partial charge in [0.2, 0.25) is 0 Å². The molecule has 2 N–H and O–H groups in total. The normalized spacial score (nSPS) is 10.7. The van der Waals surface area contributed by atoms with Crippen LogP contribution in [0.1, 0.15) is 6.42 Å². The Balaban J connectivity index is 2.47. The molecule has 0 saturated heterocycles. The van der Waals surface area contributed by atoms with Crippen LogP contribution in [0.5, 0.6) is 0 Å². The van der Waals surface area contributed by atoms with E-state index in [1.54, 1.807) is 12.4 Å². The summed E-state index contributed by atoms with van der Waals surface area (Å²) in [5.41, 5.74) is 5.73. The van der Waals surface area contributed by atoms with Crippen LogP contribution in [-0.4, -0.2) is 49.1 Å². The van der Waals surface area contributed by atoms with Crippen molar-refractivity contribution in [3.05, 3.63) is 12.4 Å². The average molecular weight is 209 g/mol. The summed E-state index contributed by atoms with van der Waals surface area (Å²) in [6, 6.07) is 0. The topological polar surface area (TPSA) is 58.3 Å². The number of hydrogen-bond donors (Lipinski definition) is 1. The van der Waals surface area contributed by atoms with Gasteiger partial charge in [0.05, 0.1) is 0 Å². The van der Waals surface area contributed by atoms with Gasteiger partial charge in [-0.05, 0) is 27.1 Å². The summed E-state index contributed by atoms with van der Waals surface area (Å²) in [6.45, 7) is 1.99. The van der Waals surface area contributed by atoms with E-state index in [0.717, 1.165) is 25.3 Å². The fourth-order valence-corrected chi connectivity index (χ4v) is 1.37. The maximum Gasteiger partial charge on any atom is 0.171 e. The molecule has 15 heavy (non-hydrogen) atoms. The molecule has 0 unspecified atom stereocenters. The van der Waals surface area contributed by atoms with E-state index in [0.29, 0.717) is 5.82 Å². The minimum Gasteiger partial charge on any atom is -0.381 e. The Kier molecular flexibility index (Phi) is 4.30. The summed E-state index contributed by atoms with van der Waals surface area (Å²) in [5, 5.41) is 0. The first-order valence-electron chi connectivity index (χ1n) is 5.03.